The number of rotatable bonds is 9. The Morgan fingerprint density at radius 3 is 1.67 bits per heavy atom. The van der Waals surface area contributed by atoms with Gasteiger partial charge in [0.25, 0.3) is 0 Å². The summed E-state index contributed by atoms with van der Waals surface area (Å²) in [6, 6.07) is 0. The number of aliphatic hydroxyl groups excluding tert-OH is 3. The van der Waals surface area contributed by atoms with Crippen molar-refractivity contribution in [2.45, 2.75) is 39.0 Å². The summed E-state index contributed by atoms with van der Waals surface area (Å²) in [6.45, 7) is 2.17. The maximum absolute atomic E-state index is 9.11. The Morgan fingerprint density at radius 1 is 0.800 bits per heavy atom. The van der Waals surface area contributed by atoms with Crippen molar-refractivity contribution in [1.82, 2.24) is 0 Å². The van der Waals surface area contributed by atoms with Crippen molar-refractivity contribution in [3.05, 3.63) is 0 Å². The minimum absolute atomic E-state index is 0. The van der Waals surface area contributed by atoms with Crippen molar-refractivity contribution >= 4 is 7.26 Å². The third-order valence-electron chi connectivity index (χ3n) is 2.64. The predicted molar refractivity (Wildman–Crippen MR) is 61.8 cm³/mol. The van der Waals surface area contributed by atoms with Gasteiger partial charge in [-0.1, -0.05) is 26.2 Å². The second kappa shape index (κ2) is 11.3. The van der Waals surface area contributed by atoms with E-state index in [1.165, 1.54) is 19.3 Å². The van der Waals surface area contributed by atoms with Gasteiger partial charge in [-0.25, -0.2) is 0 Å². The molecule has 0 heterocycles. The van der Waals surface area contributed by atoms with Gasteiger partial charge in [-0.3, -0.25) is 0 Å². The summed E-state index contributed by atoms with van der Waals surface area (Å²) in [4.78, 5) is 0. The van der Waals surface area contributed by atoms with Crippen molar-refractivity contribution in [2.75, 3.05) is 25.2 Å². The maximum atomic E-state index is 9.11. The molecule has 0 rings (SSSR count). The second-order valence-corrected chi connectivity index (χ2v) is 7.88. The molecule has 94 valence electrons. The fourth-order valence-corrected chi connectivity index (χ4v) is 2.98. The van der Waals surface area contributed by atoms with Gasteiger partial charge in [0.15, 0.2) is 19.0 Å². The zero-order chi connectivity index (χ0) is 10.9. The lowest BCUT2D eigenvalue weighted by Crippen LogP contribution is -3.00. The zero-order valence-electron chi connectivity index (χ0n) is 9.53. The largest absolute Gasteiger partial charge is 1.00 e. The first-order valence-electron chi connectivity index (χ1n) is 5.42. The molecular weight excluding hydrogens is 279 g/mol. The molecule has 0 saturated heterocycles. The van der Waals surface area contributed by atoms with Crippen LogP contribution < -0.4 is 17.0 Å². The quantitative estimate of drug-likeness (QED) is 0.371. The van der Waals surface area contributed by atoms with Crippen LogP contribution in [0.3, 0.4) is 0 Å². The molecule has 0 aliphatic heterocycles. The van der Waals surface area contributed by atoms with Crippen LogP contribution in [-0.4, -0.2) is 40.5 Å². The van der Waals surface area contributed by atoms with Crippen LogP contribution in [0.2, 0.25) is 0 Å². The van der Waals surface area contributed by atoms with Crippen molar-refractivity contribution in [3.8, 4) is 0 Å². The molecule has 0 aromatic rings. The van der Waals surface area contributed by atoms with Crippen LogP contribution >= 0.6 is 7.26 Å². The summed E-state index contributed by atoms with van der Waals surface area (Å²) in [5, 5.41) is 27.3. The van der Waals surface area contributed by atoms with Crippen LogP contribution in [0.5, 0.6) is 0 Å². The van der Waals surface area contributed by atoms with E-state index < -0.39 is 7.26 Å². The average Bonchev–Trinajstić information content (AvgIpc) is 2.24. The molecule has 0 fully saturated rings. The molecule has 0 spiro atoms. The summed E-state index contributed by atoms with van der Waals surface area (Å²) in [5.41, 5.74) is 0. The molecule has 5 heteroatoms. The summed E-state index contributed by atoms with van der Waals surface area (Å²) in [7, 11) is -1.82. The van der Waals surface area contributed by atoms with Crippen molar-refractivity contribution in [3.63, 3.8) is 0 Å². The fourth-order valence-electron chi connectivity index (χ4n) is 1.40. The minimum atomic E-state index is -1.82. The average molecular weight is 303 g/mol. The van der Waals surface area contributed by atoms with Gasteiger partial charge in [0, 0.05) is 0 Å². The standard InChI is InChI=1S/C10H24O3P.BrH/c1-2-3-4-5-6-7-14(8-11,9-12)10-13;/h11-13H,2-10H2,1H3;1H/q+1;/p-1. The van der Waals surface area contributed by atoms with Crippen LogP contribution in [-0.2, 0) is 0 Å². The topological polar surface area (TPSA) is 60.7 Å². The Kier molecular flexibility index (Phi) is 13.7. The Bertz CT molecular complexity index is 124. The molecule has 0 radical (unpaired) electrons. The monoisotopic (exact) mass is 302 g/mol. The summed E-state index contributed by atoms with van der Waals surface area (Å²) >= 11 is 0. The predicted octanol–water partition coefficient (Wildman–Crippen LogP) is -1.17. The highest BCUT2D eigenvalue weighted by molar-refractivity contribution is 7.75. The molecule has 0 aromatic carbocycles. The molecule has 0 unspecified atom stereocenters. The maximum Gasteiger partial charge on any atom is 0.158 e. The van der Waals surface area contributed by atoms with Crippen LogP contribution in [0.1, 0.15) is 39.0 Å². The van der Waals surface area contributed by atoms with Gasteiger partial charge in [0.1, 0.15) is 0 Å². The highest BCUT2D eigenvalue weighted by Gasteiger charge is 2.34. The molecule has 0 aromatic heterocycles. The first kappa shape index (κ1) is 18.2. The highest BCUT2D eigenvalue weighted by Crippen LogP contribution is 2.56. The lowest BCUT2D eigenvalue weighted by atomic mass is 10.2. The van der Waals surface area contributed by atoms with Gasteiger partial charge < -0.3 is 32.3 Å². The van der Waals surface area contributed by atoms with Crippen molar-refractivity contribution < 1.29 is 32.3 Å². The Morgan fingerprint density at radius 2 is 1.27 bits per heavy atom. The van der Waals surface area contributed by atoms with Gasteiger partial charge in [0.2, 0.25) is 0 Å². The fraction of sp³-hybridized carbons (Fsp3) is 1.00. The van der Waals surface area contributed by atoms with Gasteiger partial charge in [0.05, 0.1) is 13.4 Å². The Labute approximate surface area is 104 Å². The van der Waals surface area contributed by atoms with Gasteiger partial charge in [-0.15, -0.1) is 0 Å². The zero-order valence-corrected chi connectivity index (χ0v) is 12.0. The minimum Gasteiger partial charge on any atom is -1.00 e. The van der Waals surface area contributed by atoms with E-state index in [4.69, 9.17) is 15.3 Å². The number of hydrogen-bond acceptors (Lipinski definition) is 3. The van der Waals surface area contributed by atoms with Gasteiger partial charge in [-0.05, 0) is 12.8 Å². The second-order valence-electron chi connectivity index (χ2n) is 3.90. The van der Waals surface area contributed by atoms with Gasteiger partial charge in [-0.2, -0.15) is 0 Å². The molecule has 0 bridgehead atoms. The number of hydrogen-bond donors (Lipinski definition) is 3. The van der Waals surface area contributed by atoms with Crippen LogP contribution in [0.4, 0.5) is 0 Å². The molecule has 0 aliphatic carbocycles. The molecule has 0 atom stereocenters. The summed E-state index contributed by atoms with van der Waals surface area (Å²) < 4.78 is 0. The number of halogens is 1. The summed E-state index contributed by atoms with van der Waals surface area (Å²) in [5.74, 6) is 0. The van der Waals surface area contributed by atoms with Crippen LogP contribution in [0.25, 0.3) is 0 Å². The lowest BCUT2D eigenvalue weighted by molar-refractivity contribution is -0.00000566. The molecule has 0 saturated carbocycles. The molecule has 15 heavy (non-hydrogen) atoms. The first-order valence-corrected chi connectivity index (χ1v) is 7.95. The first-order chi connectivity index (χ1) is 6.74. The van der Waals surface area contributed by atoms with E-state index in [9.17, 15) is 0 Å². The van der Waals surface area contributed by atoms with Crippen molar-refractivity contribution in [1.29, 1.82) is 0 Å². The van der Waals surface area contributed by atoms with Crippen molar-refractivity contribution in [2.24, 2.45) is 0 Å². The third-order valence-corrected chi connectivity index (χ3v) is 5.70. The van der Waals surface area contributed by atoms with Crippen LogP contribution in [0, 0.1) is 0 Å². The number of unbranched alkanes of at least 4 members (excludes halogenated alkanes) is 4. The van der Waals surface area contributed by atoms with E-state index in [-0.39, 0.29) is 36.0 Å². The third kappa shape index (κ3) is 7.64. The van der Waals surface area contributed by atoms with Gasteiger partial charge >= 0.3 is 0 Å². The Hall–Kier alpha value is 0.790. The van der Waals surface area contributed by atoms with E-state index in [0.717, 1.165) is 19.0 Å². The summed E-state index contributed by atoms with van der Waals surface area (Å²) in [6.07, 6.45) is 6.63. The molecule has 3 N–H and O–H groups in total. The van der Waals surface area contributed by atoms with Crippen LogP contribution in [0.15, 0.2) is 0 Å². The molecule has 0 aliphatic rings. The van der Waals surface area contributed by atoms with E-state index in [1.54, 1.807) is 0 Å². The van der Waals surface area contributed by atoms with E-state index in [2.05, 4.69) is 6.92 Å². The molecular formula is C10H24BrO3P. The molecule has 0 amide bonds. The Balaban J connectivity index is 0. The van der Waals surface area contributed by atoms with E-state index in [0.29, 0.717) is 0 Å². The SMILES string of the molecule is CCCCCCC[P+](CO)(CO)CO.[Br-]. The molecule has 3 nitrogen and oxygen atoms in total. The van der Waals surface area contributed by atoms with E-state index >= 15 is 0 Å². The lowest BCUT2D eigenvalue weighted by Gasteiger charge is -2.19. The highest BCUT2D eigenvalue weighted by atomic mass is 79.9. The normalized spacial score (nSPS) is 11.2. The number of aliphatic hydroxyl groups is 3. The van der Waals surface area contributed by atoms with E-state index in [1.807, 2.05) is 0 Å². The smallest absolute Gasteiger partial charge is 0.158 e.